The summed E-state index contributed by atoms with van der Waals surface area (Å²) in [4.78, 5) is 1.04. The second-order valence-corrected chi connectivity index (χ2v) is 12.3. The van der Waals surface area contributed by atoms with E-state index in [-0.39, 0.29) is 4.72 Å². The largest absolute Gasteiger partial charge is 0.460 e. The highest BCUT2D eigenvalue weighted by atomic mass is 32.2. The van der Waals surface area contributed by atoms with E-state index in [1.165, 1.54) is 0 Å². The SMILES string of the molecule is CN(C)CCCNS(=O)(=O)C(F)(F)C(F)(F)C(F)(F)C(F)(F)C(F)(F)C(F)(F)C(F)(F)C(F)(F)C(F)(F)C(F)(F)C(F)(F)C(F)(F)C(F)(F)C(F)(F)F. The number of hydrogen-bond donors (Lipinski definition) is 1. The third-order valence-corrected chi connectivity index (χ3v) is 7.99. The van der Waals surface area contributed by atoms with E-state index in [9.17, 15) is 136 Å². The minimum Gasteiger partial charge on any atom is -0.309 e. The van der Waals surface area contributed by atoms with Crippen molar-refractivity contribution in [1.29, 1.82) is 0 Å². The molecule has 0 aliphatic carbocycles. The van der Waals surface area contributed by atoms with Crippen molar-refractivity contribution in [2.24, 2.45) is 0 Å². The number of rotatable bonds is 18. The zero-order valence-corrected chi connectivity index (χ0v) is 25.1. The molecule has 0 unspecified atom stereocenters. The summed E-state index contributed by atoms with van der Waals surface area (Å²) in [6.45, 7) is -2.01. The highest BCUT2D eigenvalue weighted by molar-refractivity contribution is 7.90. The van der Waals surface area contributed by atoms with E-state index in [4.69, 9.17) is 0 Å². The molecule has 4 nitrogen and oxygen atoms in total. The second-order valence-electron chi connectivity index (χ2n) is 10.5. The maximum absolute atomic E-state index is 14.0. The van der Waals surface area contributed by atoms with Gasteiger partial charge in [-0.05, 0) is 27.1 Å². The maximum Gasteiger partial charge on any atom is 0.460 e. The van der Waals surface area contributed by atoms with E-state index >= 15 is 0 Å². The summed E-state index contributed by atoms with van der Waals surface area (Å²) in [6.07, 6.45) is -9.13. The van der Waals surface area contributed by atoms with Gasteiger partial charge in [-0.1, -0.05) is 0 Å². The Bertz CT molecular complexity index is 1410. The smallest absolute Gasteiger partial charge is 0.309 e. The molecule has 0 atom stereocenters. The van der Waals surface area contributed by atoms with E-state index in [0.717, 1.165) is 19.0 Å². The highest BCUT2D eigenvalue weighted by Crippen LogP contribution is 2.69. The number of alkyl halides is 29. The topological polar surface area (TPSA) is 49.4 Å². The van der Waals surface area contributed by atoms with E-state index in [1.54, 1.807) is 0 Å². The first-order valence-electron chi connectivity index (χ1n) is 12.0. The summed E-state index contributed by atoms with van der Waals surface area (Å²) in [5, 5.41) is -8.02. The number of halogens is 29. The van der Waals surface area contributed by atoms with Crippen LogP contribution in [0, 0.1) is 0 Å². The van der Waals surface area contributed by atoms with Gasteiger partial charge in [-0.15, -0.1) is 0 Å². The van der Waals surface area contributed by atoms with Gasteiger partial charge in [-0.3, -0.25) is 0 Å². The van der Waals surface area contributed by atoms with Gasteiger partial charge in [0.25, 0.3) is 10.0 Å². The first kappa shape index (κ1) is 50.8. The van der Waals surface area contributed by atoms with Crippen LogP contribution in [0.3, 0.4) is 0 Å². The summed E-state index contributed by atoms with van der Waals surface area (Å²) in [5.41, 5.74) is 0. The van der Waals surface area contributed by atoms with E-state index in [0.29, 0.717) is 0 Å². The number of nitrogens with one attached hydrogen (secondary N) is 1. The van der Waals surface area contributed by atoms with Crippen LogP contribution < -0.4 is 4.72 Å². The summed E-state index contributed by atoms with van der Waals surface area (Å²) in [7, 11) is -5.41. The highest BCUT2D eigenvalue weighted by Gasteiger charge is 3.01. The Morgan fingerprint density at radius 1 is 0.377 bits per heavy atom. The van der Waals surface area contributed by atoms with Crippen LogP contribution in [0.1, 0.15) is 6.42 Å². The normalized spacial score (nSPS) is 16.8. The van der Waals surface area contributed by atoms with Gasteiger partial charge < -0.3 is 4.90 Å². The average Bonchev–Trinajstić information content (AvgIpc) is 2.93. The zero-order chi connectivity index (χ0) is 43.9. The summed E-state index contributed by atoms with van der Waals surface area (Å²) in [5.74, 6) is -115. The zero-order valence-electron chi connectivity index (χ0n) is 24.3. The predicted molar refractivity (Wildman–Crippen MR) is 110 cm³/mol. The van der Waals surface area contributed by atoms with Gasteiger partial charge in [0.2, 0.25) is 0 Å². The lowest BCUT2D eigenvalue weighted by Crippen LogP contribution is -2.79. The lowest BCUT2D eigenvalue weighted by atomic mass is 9.84. The molecule has 0 aromatic carbocycles. The Balaban J connectivity index is 7.48. The molecule has 0 spiro atoms. The monoisotopic (exact) mass is 884 g/mol. The van der Waals surface area contributed by atoms with Crippen LogP contribution in [0.15, 0.2) is 0 Å². The molecule has 0 aromatic rings. The fourth-order valence-corrected chi connectivity index (χ4v) is 4.25. The van der Waals surface area contributed by atoms with Gasteiger partial charge in [0.1, 0.15) is 0 Å². The predicted octanol–water partition coefficient (Wildman–Crippen LogP) is 8.64. The van der Waals surface area contributed by atoms with Crippen LogP contribution >= 0.6 is 0 Å². The molecule has 0 rings (SSSR count). The first-order valence-corrected chi connectivity index (χ1v) is 13.5. The van der Waals surface area contributed by atoms with Gasteiger partial charge in [0.05, 0.1) is 0 Å². The Morgan fingerprint density at radius 3 is 0.792 bits per heavy atom. The van der Waals surface area contributed by atoms with Crippen LogP contribution in [0.25, 0.3) is 0 Å². The molecule has 0 fully saturated rings. The second kappa shape index (κ2) is 13.2. The molecular formula is C19H13F29N2O2S. The van der Waals surface area contributed by atoms with Crippen LogP contribution in [-0.4, -0.2) is 123 Å². The fraction of sp³-hybridized carbons (Fsp3) is 1.00. The standard InChI is InChI=1S/C19H13F29N2O2S/c1-50(2)5-3-4-49-53(51,52)19(47,48)17(42,43)15(38,39)13(34,35)11(30,31)9(26,27)7(22,23)6(20,21)8(24,25)10(28,29)12(32,33)14(36,37)16(40,41)18(44,45)46/h49H,3-5H2,1-2H3. The summed E-state index contributed by atoms with van der Waals surface area (Å²) < 4.78 is 416. The van der Waals surface area contributed by atoms with Crippen molar-refractivity contribution in [2.75, 3.05) is 27.2 Å². The van der Waals surface area contributed by atoms with Crippen LogP contribution in [0.5, 0.6) is 0 Å². The van der Waals surface area contributed by atoms with Gasteiger partial charge >= 0.3 is 82.5 Å². The molecule has 0 aliphatic heterocycles. The van der Waals surface area contributed by atoms with Crippen molar-refractivity contribution in [3.05, 3.63) is 0 Å². The van der Waals surface area contributed by atoms with Crippen LogP contribution in [0.2, 0.25) is 0 Å². The third-order valence-electron chi connectivity index (χ3n) is 6.47. The van der Waals surface area contributed by atoms with Crippen LogP contribution in [0.4, 0.5) is 127 Å². The Morgan fingerprint density at radius 2 is 0.585 bits per heavy atom. The summed E-state index contributed by atoms with van der Waals surface area (Å²) in [6, 6.07) is 0. The van der Waals surface area contributed by atoms with Crippen molar-refractivity contribution >= 4 is 10.0 Å². The number of hydrogen-bond acceptors (Lipinski definition) is 3. The molecule has 53 heavy (non-hydrogen) atoms. The molecule has 0 aliphatic rings. The molecule has 34 heteroatoms. The molecule has 0 heterocycles. The molecule has 320 valence electrons. The molecule has 0 saturated heterocycles. The molecule has 0 bridgehead atoms. The van der Waals surface area contributed by atoms with Crippen molar-refractivity contribution in [1.82, 2.24) is 9.62 Å². The lowest BCUT2D eigenvalue weighted by molar-refractivity contribution is -0.486. The quantitative estimate of drug-likeness (QED) is 0.111. The van der Waals surface area contributed by atoms with Crippen molar-refractivity contribution in [3.63, 3.8) is 0 Å². The Kier molecular flexibility index (Phi) is 12.7. The van der Waals surface area contributed by atoms with E-state index in [2.05, 4.69) is 0 Å². The first-order chi connectivity index (χ1) is 22.4. The molecular weight excluding hydrogens is 871 g/mol. The van der Waals surface area contributed by atoms with Crippen molar-refractivity contribution < 1.29 is 136 Å². The number of nitrogens with zero attached hydrogens (tertiary/aromatic N) is 1. The molecule has 0 saturated carbocycles. The van der Waals surface area contributed by atoms with E-state index in [1.807, 2.05) is 0 Å². The minimum atomic E-state index is -10.0. The Labute approximate surface area is 272 Å². The average molecular weight is 884 g/mol. The fourth-order valence-electron chi connectivity index (χ4n) is 3.19. The molecule has 0 aromatic heterocycles. The number of sulfonamides is 1. The molecule has 1 N–H and O–H groups in total. The van der Waals surface area contributed by atoms with Gasteiger partial charge in [0, 0.05) is 6.54 Å². The van der Waals surface area contributed by atoms with Crippen LogP contribution in [-0.2, 0) is 10.0 Å². The van der Waals surface area contributed by atoms with Gasteiger partial charge in [0.15, 0.2) is 0 Å². The van der Waals surface area contributed by atoms with Crippen molar-refractivity contribution in [2.45, 2.75) is 88.9 Å². The van der Waals surface area contributed by atoms with Crippen molar-refractivity contribution in [3.8, 4) is 0 Å². The third kappa shape index (κ3) is 6.56. The van der Waals surface area contributed by atoms with Gasteiger partial charge in [-0.25, -0.2) is 13.1 Å². The van der Waals surface area contributed by atoms with Gasteiger partial charge in [-0.2, -0.15) is 127 Å². The van der Waals surface area contributed by atoms with E-state index < -0.39 is 112 Å². The lowest BCUT2D eigenvalue weighted by Gasteiger charge is -2.46. The maximum atomic E-state index is 14.0. The summed E-state index contributed by atoms with van der Waals surface area (Å²) >= 11 is 0. The Hall–Kier alpha value is -2.16. The molecule has 0 amide bonds. The minimum absolute atomic E-state index is 0.272. The molecule has 0 radical (unpaired) electrons.